The SMILES string of the molecule is O=C(NCc1ccccn1)c1csc(CN2CCN(Cc3ccccc3)CC2)n1. The van der Waals surface area contributed by atoms with Crippen LogP contribution in [-0.2, 0) is 19.6 Å². The standard InChI is InChI=1S/C22H25N5OS/c28-22(24-14-19-8-4-5-9-23-19)20-17-29-21(25-20)16-27-12-10-26(11-13-27)15-18-6-2-1-3-7-18/h1-9,17H,10-16H2,(H,24,28). The maximum absolute atomic E-state index is 12.3. The van der Waals surface area contributed by atoms with Gasteiger partial charge in [-0.25, -0.2) is 4.98 Å². The number of hydrogen-bond donors (Lipinski definition) is 1. The van der Waals surface area contributed by atoms with Crippen molar-refractivity contribution in [3.05, 3.63) is 82.1 Å². The molecule has 7 heteroatoms. The first-order chi connectivity index (χ1) is 14.3. The van der Waals surface area contributed by atoms with Crippen molar-refractivity contribution in [1.82, 2.24) is 25.1 Å². The summed E-state index contributed by atoms with van der Waals surface area (Å²) in [5, 5.41) is 5.72. The third-order valence-electron chi connectivity index (χ3n) is 5.01. The largest absolute Gasteiger partial charge is 0.345 e. The number of nitrogens with zero attached hydrogens (tertiary/aromatic N) is 4. The minimum absolute atomic E-state index is 0.147. The zero-order chi connectivity index (χ0) is 19.9. The van der Waals surface area contributed by atoms with Crippen LogP contribution in [0.1, 0.15) is 26.8 Å². The molecule has 4 rings (SSSR count). The molecule has 29 heavy (non-hydrogen) atoms. The van der Waals surface area contributed by atoms with Crippen molar-refractivity contribution in [1.29, 1.82) is 0 Å². The molecule has 1 aliphatic heterocycles. The highest BCUT2D eigenvalue weighted by Crippen LogP contribution is 2.15. The van der Waals surface area contributed by atoms with Crippen molar-refractivity contribution >= 4 is 17.2 Å². The van der Waals surface area contributed by atoms with Crippen LogP contribution < -0.4 is 5.32 Å². The van der Waals surface area contributed by atoms with Crippen molar-refractivity contribution < 1.29 is 4.79 Å². The van der Waals surface area contributed by atoms with Gasteiger partial charge in [0.05, 0.1) is 18.8 Å². The lowest BCUT2D eigenvalue weighted by atomic mass is 10.2. The first-order valence-corrected chi connectivity index (χ1v) is 10.8. The maximum atomic E-state index is 12.3. The fraction of sp³-hybridized carbons (Fsp3) is 0.318. The second-order valence-corrected chi connectivity index (χ2v) is 8.11. The second-order valence-electron chi connectivity index (χ2n) is 7.17. The molecule has 0 spiro atoms. The molecule has 1 aliphatic rings. The Bertz CT molecular complexity index is 907. The zero-order valence-electron chi connectivity index (χ0n) is 16.3. The van der Waals surface area contributed by atoms with Gasteiger partial charge in [-0.1, -0.05) is 36.4 Å². The smallest absolute Gasteiger partial charge is 0.271 e. The number of piperazine rings is 1. The van der Waals surface area contributed by atoms with Gasteiger partial charge in [0.2, 0.25) is 0 Å². The summed E-state index contributed by atoms with van der Waals surface area (Å²) >= 11 is 1.55. The average molecular weight is 408 g/mol. The van der Waals surface area contributed by atoms with Gasteiger partial charge in [0, 0.05) is 44.3 Å². The molecule has 1 fully saturated rings. The number of rotatable bonds is 7. The van der Waals surface area contributed by atoms with E-state index in [1.807, 2.05) is 23.6 Å². The van der Waals surface area contributed by atoms with Gasteiger partial charge in [0.1, 0.15) is 10.7 Å². The average Bonchev–Trinajstić information content (AvgIpc) is 3.23. The van der Waals surface area contributed by atoms with Crippen molar-refractivity contribution in [2.75, 3.05) is 26.2 Å². The molecule has 1 saturated heterocycles. The van der Waals surface area contributed by atoms with Crippen LogP contribution in [0.4, 0.5) is 0 Å². The molecule has 0 atom stereocenters. The summed E-state index contributed by atoms with van der Waals surface area (Å²) in [6.07, 6.45) is 1.72. The third kappa shape index (κ3) is 5.69. The Labute approximate surface area is 175 Å². The van der Waals surface area contributed by atoms with E-state index in [4.69, 9.17) is 0 Å². The Morgan fingerprint density at radius 3 is 2.41 bits per heavy atom. The van der Waals surface area contributed by atoms with Crippen LogP contribution in [0.2, 0.25) is 0 Å². The number of amides is 1. The molecule has 6 nitrogen and oxygen atoms in total. The fourth-order valence-electron chi connectivity index (χ4n) is 3.39. The number of hydrogen-bond acceptors (Lipinski definition) is 6. The molecule has 0 radical (unpaired) electrons. The summed E-state index contributed by atoms with van der Waals surface area (Å²) in [5.41, 5.74) is 2.69. The van der Waals surface area contributed by atoms with E-state index >= 15 is 0 Å². The fourth-order valence-corrected chi connectivity index (χ4v) is 4.21. The van der Waals surface area contributed by atoms with E-state index in [0.717, 1.165) is 50.0 Å². The first kappa shape index (κ1) is 19.7. The quantitative estimate of drug-likeness (QED) is 0.653. The van der Waals surface area contributed by atoms with E-state index in [-0.39, 0.29) is 5.91 Å². The molecule has 1 N–H and O–H groups in total. The van der Waals surface area contributed by atoms with Gasteiger partial charge in [-0.05, 0) is 17.7 Å². The Morgan fingerprint density at radius 2 is 1.69 bits per heavy atom. The van der Waals surface area contributed by atoms with E-state index in [1.54, 1.807) is 17.5 Å². The van der Waals surface area contributed by atoms with Crippen LogP contribution in [0.15, 0.2) is 60.1 Å². The molecule has 0 saturated carbocycles. The van der Waals surface area contributed by atoms with E-state index in [0.29, 0.717) is 12.2 Å². The number of carbonyl (C=O) groups excluding carboxylic acids is 1. The number of pyridine rings is 1. The second kappa shape index (κ2) is 9.73. The lowest BCUT2D eigenvalue weighted by molar-refractivity contribution is 0.0945. The van der Waals surface area contributed by atoms with Gasteiger partial charge in [-0.2, -0.15) is 0 Å². The molecule has 1 aromatic carbocycles. The molecule has 3 aromatic rings. The molecule has 0 aliphatic carbocycles. The van der Waals surface area contributed by atoms with Gasteiger partial charge >= 0.3 is 0 Å². The lowest BCUT2D eigenvalue weighted by Gasteiger charge is -2.34. The van der Waals surface area contributed by atoms with Crippen LogP contribution in [0, 0.1) is 0 Å². The summed E-state index contributed by atoms with van der Waals surface area (Å²) in [7, 11) is 0. The number of nitrogens with one attached hydrogen (secondary N) is 1. The van der Waals surface area contributed by atoms with Crippen LogP contribution in [0.25, 0.3) is 0 Å². The van der Waals surface area contributed by atoms with Crippen molar-refractivity contribution in [2.24, 2.45) is 0 Å². The minimum atomic E-state index is -0.147. The molecule has 150 valence electrons. The molecular formula is C22H25N5OS. The normalized spacial score (nSPS) is 15.3. The molecule has 2 aromatic heterocycles. The number of benzene rings is 1. The maximum Gasteiger partial charge on any atom is 0.271 e. The van der Waals surface area contributed by atoms with Crippen LogP contribution in [0.5, 0.6) is 0 Å². The molecule has 1 amide bonds. The van der Waals surface area contributed by atoms with Gasteiger partial charge in [0.25, 0.3) is 5.91 Å². The number of thiazole rings is 1. The Balaban J connectivity index is 1.23. The van der Waals surface area contributed by atoms with Crippen LogP contribution in [0.3, 0.4) is 0 Å². The van der Waals surface area contributed by atoms with E-state index < -0.39 is 0 Å². The van der Waals surface area contributed by atoms with Crippen molar-refractivity contribution in [3.63, 3.8) is 0 Å². The Hall–Kier alpha value is -2.61. The molecular weight excluding hydrogens is 382 g/mol. The minimum Gasteiger partial charge on any atom is -0.345 e. The molecule has 0 bridgehead atoms. The number of carbonyl (C=O) groups is 1. The highest BCUT2D eigenvalue weighted by Gasteiger charge is 2.19. The third-order valence-corrected chi connectivity index (χ3v) is 5.85. The van der Waals surface area contributed by atoms with E-state index in [2.05, 4.69) is 55.4 Å². The van der Waals surface area contributed by atoms with E-state index in [1.165, 1.54) is 5.56 Å². The summed E-state index contributed by atoms with van der Waals surface area (Å²) < 4.78 is 0. The predicted molar refractivity (Wildman–Crippen MR) is 115 cm³/mol. The first-order valence-electron chi connectivity index (χ1n) is 9.87. The monoisotopic (exact) mass is 407 g/mol. The molecule has 3 heterocycles. The van der Waals surface area contributed by atoms with Crippen molar-refractivity contribution in [3.8, 4) is 0 Å². The highest BCUT2D eigenvalue weighted by molar-refractivity contribution is 7.09. The highest BCUT2D eigenvalue weighted by atomic mass is 32.1. The van der Waals surface area contributed by atoms with Gasteiger partial charge < -0.3 is 5.32 Å². The lowest BCUT2D eigenvalue weighted by Crippen LogP contribution is -2.45. The topological polar surface area (TPSA) is 61.4 Å². The van der Waals surface area contributed by atoms with E-state index in [9.17, 15) is 4.79 Å². The van der Waals surface area contributed by atoms with Gasteiger partial charge in [-0.3, -0.25) is 19.6 Å². The van der Waals surface area contributed by atoms with Crippen LogP contribution in [-0.4, -0.2) is 51.9 Å². The number of aromatic nitrogens is 2. The Morgan fingerprint density at radius 1 is 0.966 bits per heavy atom. The predicted octanol–water partition coefficient (Wildman–Crippen LogP) is 2.79. The van der Waals surface area contributed by atoms with Crippen molar-refractivity contribution in [2.45, 2.75) is 19.6 Å². The van der Waals surface area contributed by atoms with Gasteiger partial charge in [-0.15, -0.1) is 11.3 Å². The summed E-state index contributed by atoms with van der Waals surface area (Å²) in [6.45, 7) is 6.37. The summed E-state index contributed by atoms with van der Waals surface area (Å²) in [5.74, 6) is -0.147. The summed E-state index contributed by atoms with van der Waals surface area (Å²) in [4.78, 5) is 26.0. The molecule has 0 unspecified atom stereocenters. The Kier molecular flexibility index (Phi) is 6.61. The van der Waals surface area contributed by atoms with Crippen LogP contribution >= 0.6 is 11.3 Å². The summed E-state index contributed by atoms with van der Waals surface area (Å²) in [6, 6.07) is 16.3. The van der Waals surface area contributed by atoms with Gasteiger partial charge in [0.15, 0.2) is 0 Å². The zero-order valence-corrected chi connectivity index (χ0v) is 17.1.